The maximum absolute atomic E-state index is 11.0. The molecule has 7 heteroatoms. The molecule has 7 nitrogen and oxygen atoms in total. The topological polar surface area (TPSA) is 120 Å². The van der Waals surface area contributed by atoms with Gasteiger partial charge in [0.15, 0.2) is 0 Å². The first kappa shape index (κ1) is 17.5. The highest BCUT2D eigenvalue weighted by atomic mass is 16.2. The molecule has 1 aliphatic rings. The third-order valence-electron chi connectivity index (χ3n) is 2.87. The Kier molecular flexibility index (Phi) is 6.15. The zero-order valence-corrected chi connectivity index (χ0v) is 12.5. The van der Waals surface area contributed by atoms with Crippen molar-refractivity contribution < 1.29 is 14.5 Å². The Bertz CT molecular complexity index is 788. The van der Waals surface area contributed by atoms with Crippen LogP contribution in [0.15, 0.2) is 47.1 Å². The van der Waals surface area contributed by atoms with Gasteiger partial charge in [-0.05, 0) is 12.1 Å². The molecule has 0 fully saturated rings. The maximum atomic E-state index is 11.0. The molecule has 0 spiro atoms. The summed E-state index contributed by atoms with van der Waals surface area (Å²) in [4.78, 5) is 23.3. The molecule has 0 atom stereocenters. The number of carbonyl (C=O) groups is 2. The number of imide groups is 1. The predicted molar refractivity (Wildman–Crippen MR) is 82.2 cm³/mol. The molecular weight excluding hydrogens is 294 g/mol. The van der Waals surface area contributed by atoms with Gasteiger partial charge in [-0.1, -0.05) is 18.2 Å². The molecule has 0 bridgehead atoms. The van der Waals surface area contributed by atoms with E-state index in [-0.39, 0.29) is 0 Å². The fourth-order valence-electron chi connectivity index (χ4n) is 1.71. The van der Waals surface area contributed by atoms with Crippen molar-refractivity contribution in [3.63, 3.8) is 0 Å². The highest BCUT2D eigenvalue weighted by Gasteiger charge is 2.32. The van der Waals surface area contributed by atoms with Gasteiger partial charge in [0.2, 0.25) is 0 Å². The Hall–Kier alpha value is -3.51. The van der Waals surface area contributed by atoms with Gasteiger partial charge in [0.1, 0.15) is 23.4 Å². The molecule has 2 amide bonds. The van der Waals surface area contributed by atoms with Crippen LogP contribution in [0, 0.1) is 22.7 Å². The summed E-state index contributed by atoms with van der Waals surface area (Å²) in [7, 11) is 4.24. The van der Waals surface area contributed by atoms with E-state index in [1.54, 1.807) is 0 Å². The average molecular weight is 307 g/mol. The lowest BCUT2D eigenvalue weighted by Crippen LogP contribution is -3.00. The van der Waals surface area contributed by atoms with E-state index in [2.05, 4.69) is 38.4 Å². The minimum atomic E-state index is -0.885. The van der Waals surface area contributed by atoms with Gasteiger partial charge in [-0.25, -0.2) is 5.87 Å². The van der Waals surface area contributed by atoms with Crippen LogP contribution in [0.4, 0.5) is 5.69 Å². The molecule has 1 aromatic rings. The number of hydrogen-bond donors (Lipinski definition) is 2. The lowest BCUT2D eigenvalue weighted by molar-refractivity contribution is -0.786. The van der Waals surface area contributed by atoms with Crippen LogP contribution in [0.3, 0.4) is 0 Å². The molecular formula is C16H13N5O2. The summed E-state index contributed by atoms with van der Waals surface area (Å²) in [5.41, 5.74) is -0.141. The van der Waals surface area contributed by atoms with Crippen molar-refractivity contribution in [2.45, 2.75) is 0 Å². The van der Waals surface area contributed by atoms with Crippen molar-refractivity contribution >= 4 is 23.4 Å². The van der Waals surface area contributed by atoms with Crippen LogP contribution in [0.2, 0.25) is 0 Å². The molecule has 2 rings (SSSR count). The summed E-state index contributed by atoms with van der Waals surface area (Å²) < 4.78 is 0. The van der Waals surface area contributed by atoms with Crippen LogP contribution in [-0.2, 0) is 9.59 Å². The Balaban J connectivity index is 0.000000253. The number of nitriles is 2. The number of nitrogens with zero attached hydrogens (tertiary/aromatic N) is 3. The molecule has 0 saturated carbocycles. The molecule has 2 N–H and O–H groups in total. The molecule has 0 aromatic heterocycles. The molecule has 0 aliphatic carbocycles. The summed E-state index contributed by atoms with van der Waals surface area (Å²) in [6, 6.07) is 13.3. The lowest BCUT2D eigenvalue weighted by Gasteiger charge is -2.03. The summed E-state index contributed by atoms with van der Waals surface area (Å²) in [6.45, 7) is 0. The van der Waals surface area contributed by atoms with Crippen molar-refractivity contribution in [3.8, 4) is 12.1 Å². The second-order valence-corrected chi connectivity index (χ2v) is 4.61. The van der Waals surface area contributed by atoms with Gasteiger partial charge in [0, 0.05) is 0 Å². The van der Waals surface area contributed by atoms with Gasteiger partial charge >= 0.3 is 0 Å². The van der Waals surface area contributed by atoms with E-state index in [1.807, 2.05) is 11.4 Å². The normalized spacial score (nSPS) is 12.6. The SMILES string of the molecule is C[NH+](C)c1ccccc1.N#CC(=C=[N-])C1=C(C#N)C(=O)NC1=O. The minimum absolute atomic E-state index is 0.442. The van der Waals surface area contributed by atoms with Gasteiger partial charge in [0.05, 0.1) is 25.2 Å². The molecule has 1 aromatic carbocycles. The number of rotatable bonds is 2. The van der Waals surface area contributed by atoms with Gasteiger partial charge < -0.3 is 10.3 Å². The molecule has 0 radical (unpaired) electrons. The van der Waals surface area contributed by atoms with Crippen molar-refractivity contribution in [1.29, 1.82) is 10.5 Å². The summed E-state index contributed by atoms with van der Waals surface area (Å²) >= 11 is 0. The zero-order chi connectivity index (χ0) is 17.4. The van der Waals surface area contributed by atoms with Gasteiger partial charge in [-0.15, -0.1) is 0 Å². The standard InChI is InChI=1S/C8HN4O2.C8H11N/c9-1-4(2-10)6-5(3-11)7(13)12-8(6)14;1-9(2)8-6-4-3-5-7-8/h(H,12,13,14);3-7H,1-2H3/q-1;/p+1. The molecule has 0 unspecified atom stereocenters. The number of amides is 2. The summed E-state index contributed by atoms with van der Waals surface area (Å²) in [5, 5.41) is 27.2. The van der Waals surface area contributed by atoms with E-state index in [0.29, 0.717) is 0 Å². The quantitative estimate of drug-likeness (QED) is 0.439. The molecule has 1 aliphatic heterocycles. The zero-order valence-electron chi connectivity index (χ0n) is 12.5. The third kappa shape index (κ3) is 4.23. The van der Waals surface area contributed by atoms with Crippen LogP contribution in [0.25, 0.3) is 5.41 Å². The average Bonchev–Trinajstić information content (AvgIpc) is 2.84. The minimum Gasteiger partial charge on any atom is -0.762 e. The maximum Gasteiger partial charge on any atom is 0.269 e. The Morgan fingerprint density at radius 3 is 2.13 bits per heavy atom. The molecule has 1 heterocycles. The van der Waals surface area contributed by atoms with E-state index in [1.165, 1.54) is 28.6 Å². The first-order valence-corrected chi connectivity index (χ1v) is 6.49. The highest BCUT2D eigenvalue weighted by Crippen LogP contribution is 2.17. The molecule has 114 valence electrons. The number of para-hydroxylation sites is 1. The van der Waals surface area contributed by atoms with Crippen molar-refractivity contribution in [2.24, 2.45) is 0 Å². The lowest BCUT2D eigenvalue weighted by atomic mass is 10.1. The van der Waals surface area contributed by atoms with Gasteiger partial charge in [-0.3, -0.25) is 14.9 Å². The number of nitrogens with one attached hydrogen (secondary N) is 2. The Labute approximate surface area is 133 Å². The number of benzene rings is 1. The fourth-order valence-corrected chi connectivity index (χ4v) is 1.71. The van der Waals surface area contributed by atoms with Crippen LogP contribution < -0.4 is 10.2 Å². The Morgan fingerprint density at radius 2 is 1.74 bits per heavy atom. The van der Waals surface area contributed by atoms with E-state index in [0.717, 1.165) is 0 Å². The second kappa shape index (κ2) is 8.06. The number of hydrogen-bond acceptors (Lipinski definition) is 4. The van der Waals surface area contributed by atoms with Crippen molar-refractivity contribution in [3.05, 3.63) is 52.5 Å². The van der Waals surface area contributed by atoms with E-state index < -0.39 is 28.5 Å². The predicted octanol–water partition coefficient (Wildman–Crippen LogP) is -0.385. The van der Waals surface area contributed by atoms with E-state index in [4.69, 9.17) is 15.9 Å². The van der Waals surface area contributed by atoms with Crippen LogP contribution >= 0.6 is 0 Å². The van der Waals surface area contributed by atoms with E-state index >= 15 is 0 Å². The van der Waals surface area contributed by atoms with Crippen LogP contribution in [0.5, 0.6) is 0 Å². The monoisotopic (exact) mass is 307 g/mol. The van der Waals surface area contributed by atoms with Gasteiger partial charge in [-0.2, -0.15) is 10.5 Å². The summed E-state index contributed by atoms with van der Waals surface area (Å²) in [6.07, 6.45) is 0. The molecule has 23 heavy (non-hydrogen) atoms. The van der Waals surface area contributed by atoms with Crippen LogP contribution in [-0.4, -0.2) is 31.8 Å². The van der Waals surface area contributed by atoms with Crippen molar-refractivity contribution in [1.82, 2.24) is 5.32 Å². The largest absolute Gasteiger partial charge is 0.762 e. The highest BCUT2D eigenvalue weighted by molar-refractivity contribution is 6.24. The smallest absolute Gasteiger partial charge is 0.269 e. The van der Waals surface area contributed by atoms with E-state index in [9.17, 15) is 9.59 Å². The van der Waals surface area contributed by atoms with Crippen LogP contribution in [0.1, 0.15) is 0 Å². The summed E-state index contributed by atoms with van der Waals surface area (Å²) in [5.74, 6) is -0.321. The Morgan fingerprint density at radius 1 is 1.13 bits per heavy atom. The first-order chi connectivity index (χ1) is 11.0. The fraction of sp³-hybridized carbons (Fsp3) is 0.125. The molecule has 0 saturated heterocycles. The van der Waals surface area contributed by atoms with Gasteiger partial charge in [0.25, 0.3) is 11.8 Å². The first-order valence-electron chi connectivity index (χ1n) is 6.49. The second-order valence-electron chi connectivity index (χ2n) is 4.61. The third-order valence-corrected chi connectivity index (χ3v) is 2.87. The van der Waals surface area contributed by atoms with Crippen molar-refractivity contribution in [2.75, 3.05) is 14.1 Å². The number of carbonyl (C=O) groups excluding carboxylic acids is 2. The number of quaternary nitrogens is 1.